The third-order valence-electron chi connectivity index (χ3n) is 8.55. The van der Waals surface area contributed by atoms with Crippen LogP contribution in [0.25, 0.3) is 0 Å². The summed E-state index contributed by atoms with van der Waals surface area (Å²) >= 11 is 5.14. The number of hydrogen-bond acceptors (Lipinski definition) is 4. The van der Waals surface area contributed by atoms with Gasteiger partial charge in [-0.25, -0.2) is 0 Å². The van der Waals surface area contributed by atoms with Crippen LogP contribution in [0.15, 0.2) is 12.1 Å². The molecule has 150 valence electrons. The molecule has 3 saturated carbocycles. The van der Waals surface area contributed by atoms with Crippen molar-refractivity contribution in [2.45, 2.75) is 75.2 Å². The van der Waals surface area contributed by atoms with Gasteiger partial charge in [-0.15, -0.1) is 0 Å². The van der Waals surface area contributed by atoms with Gasteiger partial charge < -0.3 is 15.9 Å². The molecule has 5 rings (SSSR count). The van der Waals surface area contributed by atoms with Crippen LogP contribution in [-0.4, -0.2) is 26.6 Å². The number of hydrogen-bond donors (Lipinski definition) is 3. The van der Waals surface area contributed by atoms with E-state index in [9.17, 15) is 15.0 Å². The van der Waals surface area contributed by atoms with Crippen molar-refractivity contribution in [3.8, 4) is 5.75 Å². The van der Waals surface area contributed by atoms with Gasteiger partial charge in [0.05, 0.1) is 11.2 Å². The van der Waals surface area contributed by atoms with Crippen LogP contribution in [0.2, 0.25) is 0 Å². The average molecular weight is 400 g/mol. The maximum Gasteiger partial charge on any atom is 0.134 e. The number of ketones is 1. The SMILES string of the molecule is NC(=S)c1ccc2c(c1O)[C@]13CCC(CC4CCC4)[C@H](C2)[C@]1(O)CCC(=O)C3. The molecule has 4 aliphatic rings. The summed E-state index contributed by atoms with van der Waals surface area (Å²) in [5.74, 6) is 1.75. The Morgan fingerprint density at radius 1 is 1.25 bits per heavy atom. The molecule has 1 aromatic carbocycles. The van der Waals surface area contributed by atoms with Gasteiger partial charge in [-0.3, -0.25) is 4.79 Å². The lowest BCUT2D eigenvalue weighted by molar-refractivity contribution is -0.174. The van der Waals surface area contributed by atoms with E-state index in [1.165, 1.54) is 25.7 Å². The molecule has 4 N–H and O–H groups in total. The first kappa shape index (κ1) is 18.6. The second kappa shape index (κ2) is 6.27. The second-order valence-electron chi connectivity index (χ2n) is 9.72. The normalized spacial score (nSPS) is 37.0. The Morgan fingerprint density at radius 2 is 2.04 bits per heavy atom. The highest BCUT2D eigenvalue weighted by Crippen LogP contribution is 2.64. The third-order valence-corrected chi connectivity index (χ3v) is 8.77. The van der Waals surface area contributed by atoms with E-state index >= 15 is 0 Å². The number of carbonyl (C=O) groups is 1. The minimum absolute atomic E-state index is 0.0917. The molecule has 4 atom stereocenters. The Hall–Kier alpha value is -1.46. The fourth-order valence-electron chi connectivity index (χ4n) is 6.99. The van der Waals surface area contributed by atoms with Gasteiger partial charge >= 0.3 is 0 Å². The van der Waals surface area contributed by atoms with Crippen molar-refractivity contribution in [3.05, 3.63) is 28.8 Å². The Bertz CT molecular complexity index is 864. The van der Waals surface area contributed by atoms with E-state index in [4.69, 9.17) is 18.0 Å². The number of phenols is 1. The number of fused-ring (bicyclic) bond motifs is 1. The summed E-state index contributed by atoms with van der Waals surface area (Å²) in [4.78, 5) is 12.7. The number of aromatic hydroxyl groups is 1. The maximum absolute atomic E-state index is 12.6. The van der Waals surface area contributed by atoms with Crippen molar-refractivity contribution in [2.24, 2.45) is 23.5 Å². The van der Waals surface area contributed by atoms with Crippen LogP contribution >= 0.6 is 12.2 Å². The number of benzene rings is 1. The highest BCUT2D eigenvalue weighted by Gasteiger charge is 2.65. The third kappa shape index (κ3) is 2.38. The molecule has 4 aliphatic carbocycles. The molecule has 0 aromatic heterocycles. The van der Waals surface area contributed by atoms with E-state index < -0.39 is 11.0 Å². The maximum atomic E-state index is 12.6. The van der Waals surface area contributed by atoms with Gasteiger partial charge in [-0.1, -0.05) is 37.5 Å². The average Bonchev–Trinajstić information content (AvgIpc) is 2.59. The van der Waals surface area contributed by atoms with Crippen LogP contribution in [0.5, 0.6) is 5.75 Å². The van der Waals surface area contributed by atoms with Crippen LogP contribution in [0.4, 0.5) is 0 Å². The Morgan fingerprint density at radius 3 is 2.71 bits per heavy atom. The van der Waals surface area contributed by atoms with Crippen molar-refractivity contribution < 1.29 is 15.0 Å². The van der Waals surface area contributed by atoms with Gasteiger partial charge in [0.25, 0.3) is 0 Å². The van der Waals surface area contributed by atoms with E-state index in [-0.39, 0.29) is 22.4 Å². The van der Waals surface area contributed by atoms with Crippen LogP contribution in [0, 0.1) is 17.8 Å². The molecule has 0 aliphatic heterocycles. The lowest BCUT2D eigenvalue weighted by Gasteiger charge is -2.63. The molecule has 2 bridgehead atoms. The van der Waals surface area contributed by atoms with E-state index in [1.54, 1.807) is 6.07 Å². The molecule has 5 heteroatoms. The topological polar surface area (TPSA) is 83.6 Å². The fourth-order valence-corrected chi connectivity index (χ4v) is 7.16. The summed E-state index contributed by atoms with van der Waals surface area (Å²) in [6, 6.07) is 3.82. The molecule has 0 radical (unpaired) electrons. The minimum atomic E-state index is -0.924. The summed E-state index contributed by atoms with van der Waals surface area (Å²) in [7, 11) is 0. The lowest BCUT2D eigenvalue weighted by Crippen LogP contribution is -2.67. The monoisotopic (exact) mass is 399 g/mol. The largest absolute Gasteiger partial charge is 0.507 e. The standard InChI is InChI=1S/C23H29NO3S/c24-21(28)17-5-4-15-11-18-14(10-13-2-1-3-13)6-8-22(19(15)20(17)26)12-16(25)7-9-23(18,22)27/h4-5,13-14,18,26-27H,1-3,6-12H2,(H2,24,28)/t14?,18-,22+,23+/m0/s1. The first-order valence-corrected chi connectivity index (χ1v) is 11.2. The van der Waals surface area contributed by atoms with Gasteiger partial charge in [-0.2, -0.15) is 0 Å². The number of aliphatic hydroxyl groups is 1. The molecule has 1 aromatic rings. The number of thiocarbonyl (C=S) groups is 1. The Labute approximate surface area is 171 Å². The predicted molar refractivity (Wildman–Crippen MR) is 111 cm³/mol. The quantitative estimate of drug-likeness (QED) is 0.678. The molecule has 0 heterocycles. The van der Waals surface area contributed by atoms with Gasteiger partial charge in [0.15, 0.2) is 0 Å². The molecule has 28 heavy (non-hydrogen) atoms. The van der Waals surface area contributed by atoms with Crippen molar-refractivity contribution >= 4 is 23.0 Å². The summed E-state index contributed by atoms with van der Waals surface area (Å²) in [6.07, 6.45) is 8.98. The molecule has 0 spiro atoms. The van der Waals surface area contributed by atoms with Crippen LogP contribution < -0.4 is 5.73 Å². The van der Waals surface area contributed by atoms with E-state index in [0.29, 0.717) is 30.7 Å². The molecule has 3 fully saturated rings. The van der Waals surface area contributed by atoms with Crippen LogP contribution in [0.3, 0.4) is 0 Å². The summed E-state index contributed by atoms with van der Waals surface area (Å²) in [5.41, 5.74) is 6.51. The molecule has 4 nitrogen and oxygen atoms in total. The zero-order valence-electron chi connectivity index (χ0n) is 16.2. The lowest BCUT2D eigenvalue weighted by atomic mass is 9.43. The first-order valence-electron chi connectivity index (χ1n) is 10.7. The number of phenolic OH excluding ortho intramolecular Hbond substituents is 1. The van der Waals surface area contributed by atoms with Crippen molar-refractivity contribution in [1.29, 1.82) is 0 Å². The van der Waals surface area contributed by atoms with Crippen molar-refractivity contribution in [3.63, 3.8) is 0 Å². The smallest absolute Gasteiger partial charge is 0.134 e. The van der Waals surface area contributed by atoms with Crippen LogP contribution in [-0.2, 0) is 16.6 Å². The van der Waals surface area contributed by atoms with Gasteiger partial charge in [0, 0.05) is 23.8 Å². The van der Waals surface area contributed by atoms with Gasteiger partial charge in [0.1, 0.15) is 16.5 Å². The van der Waals surface area contributed by atoms with Gasteiger partial charge in [-0.05, 0) is 61.5 Å². The van der Waals surface area contributed by atoms with E-state index in [0.717, 1.165) is 36.3 Å². The summed E-state index contributed by atoms with van der Waals surface area (Å²) < 4.78 is 0. The molecular weight excluding hydrogens is 370 g/mol. The van der Waals surface area contributed by atoms with Gasteiger partial charge in [0.2, 0.25) is 0 Å². The Balaban J connectivity index is 1.66. The zero-order chi connectivity index (χ0) is 19.7. The predicted octanol–water partition coefficient (Wildman–Crippen LogP) is 3.52. The molecule has 1 unspecified atom stereocenters. The molecule has 0 saturated heterocycles. The van der Waals surface area contributed by atoms with Crippen LogP contribution in [0.1, 0.15) is 74.5 Å². The number of Topliss-reactive ketones (excluding diaryl/α,β-unsaturated/α-hetero) is 1. The Kier molecular flexibility index (Phi) is 4.15. The molecular formula is C23H29NO3S. The van der Waals surface area contributed by atoms with Crippen molar-refractivity contribution in [1.82, 2.24) is 0 Å². The molecule has 0 amide bonds. The van der Waals surface area contributed by atoms with Crippen molar-refractivity contribution in [2.75, 3.05) is 0 Å². The number of nitrogens with two attached hydrogens (primary N) is 1. The minimum Gasteiger partial charge on any atom is -0.507 e. The summed E-state index contributed by atoms with van der Waals surface area (Å²) in [6.45, 7) is 0. The summed E-state index contributed by atoms with van der Waals surface area (Å²) in [5, 5.41) is 23.2. The first-order chi connectivity index (χ1) is 13.4. The number of carbonyl (C=O) groups excluding carboxylic acids is 1. The highest BCUT2D eigenvalue weighted by molar-refractivity contribution is 7.80. The second-order valence-corrected chi connectivity index (χ2v) is 10.2. The number of rotatable bonds is 3. The highest BCUT2D eigenvalue weighted by atomic mass is 32.1. The fraction of sp³-hybridized carbons (Fsp3) is 0.652. The zero-order valence-corrected chi connectivity index (χ0v) is 17.1. The van der Waals surface area contributed by atoms with E-state index in [1.807, 2.05) is 6.07 Å². The van der Waals surface area contributed by atoms with E-state index in [2.05, 4.69) is 0 Å².